The summed E-state index contributed by atoms with van der Waals surface area (Å²) < 4.78 is 4.64. The van der Waals surface area contributed by atoms with Crippen molar-refractivity contribution in [1.29, 1.82) is 0 Å². The highest BCUT2D eigenvalue weighted by Crippen LogP contribution is 2.14. The quantitative estimate of drug-likeness (QED) is 0.451. The fourth-order valence-corrected chi connectivity index (χ4v) is 1.60. The summed E-state index contributed by atoms with van der Waals surface area (Å²) in [6.07, 6.45) is 1.90. The molecule has 1 aromatic carbocycles. The van der Waals surface area contributed by atoms with E-state index in [-0.39, 0.29) is 5.97 Å². The highest BCUT2D eigenvalue weighted by atomic mass is 35.5. The molecule has 16 heavy (non-hydrogen) atoms. The van der Waals surface area contributed by atoms with Crippen LogP contribution in [-0.4, -0.2) is 19.4 Å². The maximum absolute atomic E-state index is 11.4. The van der Waals surface area contributed by atoms with Crippen molar-refractivity contribution in [3.63, 3.8) is 0 Å². The normalized spacial score (nSPS) is 9.88. The minimum atomic E-state index is -0.390. The molecule has 1 rings (SSSR count). The minimum Gasteiger partial charge on any atom is -0.465 e. The smallest absolute Gasteiger partial charge is 0.337 e. The van der Waals surface area contributed by atoms with Gasteiger partial charge in [0.1, 0.15) is 6.29 Å². The number of ether oxygens (including phenoxy) is 1. The molecule has 1 aromatic rings. The zero-order chi connectivity index (χ0) is 12.0. The summed E-state index contributed by atoms with van der Waals surface area (Å²) in [6, 6.07) is 5.32. The molecule has 0 aliphatic heterocycles. The third kappa shape index (κ3) is 3.35. The lowest BCUT2D eigenvalue weighted by Crippen LogP contribution is -2.03. The Morgan fingerprint density at radius 2 is 2.06 bits per heavy atom. The van der Waals surface area contributed by atoms with E-state index >= 15 is 0 Å². The second kappa shape index (κ2) is 6.28. The average molecular weight is 241 g/mol. The van der Waals surface area contributed by atoms with Crippen molar-refractivity contribution in [3.05, 3.63) is 34.9 Å². The number of rotatable bonds is 5. The van der Waals surface area contributed by atoms with Crippen molar-refractivity contribution < 1.29 is 14.3 Å². The summed E-state index contributed by atoms with van der Waals surface area (Å²) in [5.74, 6) is -0.0573. The zero-order valence-corrected chi connectivity index (χ0v) is 9.79. The Hall–Kier alpha value is -1.35. The molecule has 0 aliphatic carbocycles. The molecule has 0 fully saturated rings. The Bertz CT molecular complexity index is 388. The second-order valence-electron chi connectivity index (χ2n) is 3.37. The fraction of sp³-hybridized carbons (Fsp3) is 0.333. The molecule has 0 radical (unpaired) electrons. The summed E-state index contributed by atoms with van der Waals surface area (Å²) in [7, 11) is 1.33. The Kier molecular flexibility index (Phi) is 4.99. The lowest BCUT2D eigenvalue weighted by Gasteiger charge is -2.06. The lowest BCUT2D eigenvalue weighted by molar-refractivity contribution is -0.107. The molecule has 0 N–H and O–H groups in total. The minimum absolute atomic E-state index is 0.332. The fourth-order valence-electron chi connectivity index (χ4n) is 1.45. The first kappa shape index (κ1) is 12.7. The van der Waals surface area contributed by atoms with Gasteiger partial charge in [-0.05, 0) is 29.7 Å². The first-order valence-corrected chi connectivity index (χ1v) is 5.45. The van der Waals surface area contributed by atoms with E-state index in [0.717, 1.165) is 17.4 Å². The number of esters is 1. The first-order chi connectivity index (χ1) is 7.71. The van der Waals surface area contributed by atoms with Crippen molar-refractivity contribution in [2.75, 3.05) is 7.11 Å². The van der Waals surface area contributed by atoms with Crippen molar-refractivity contribution in [1.82, 2.24) is 0 Å². The predicted molar refractivity (Wildman–Crippen MR) is 61.7 cm³/mol. The van der Waals surface area contributed by atoms with Crippen LogP contribution in [0.5, 0.6) is 0 Å². The SMILES string of the molecule is COC(=O)c1cc(CCl)cc(CCC=O)c1. The number of halogens is 1. The number of alkyl halides is 1. The average Bonchev–Trinajstić information content (AvgIpc) is 2.34. The van der Waals surface area contributed by atoms with Gasteiger partial charge in [0.25, 0.3) is 0 Å². The molecule has 0 saturated carbocycles. The van der Waals surface area contributed by atoms with Crippen LogP contribution in [0.25, 0.3) is 0 Å². The van der Waals surface area contributed by atoms with Gasteiger partial charge in [0.2, 0.25) is 0 Å². The highest BCUT2D eigenvalue weighted by Gasteiger charge is 2.08. The number of carbonyl (C=O) groups excluding carboxylic acids is 2. The van der Waals surface area contributed by atoms with E-state index in [1.54, 1.807) is 12.1 Å². The number of benzene rings is 1. The van der Waals surface area contributed by atoms with Crippen molar-refractivity contribution >= 4 is 23.9 Å². The second-order valence-corrected chi connectivity index (χ2v) is 3.64. The summed E-state index contributed by atoms with van der Waals surface area (Å²) in [5, 5.41) is 0. The number of hydrogen-bond acceptors (Lipinski definition) is 3. The molecule has 4 heteroatoms. The van der Waals surface area contributed by atoms with Crippen LogP contribution in [0.3, 0.4) is 0 Å². The van der Waals surface area contributed by atoms with Gasteiger partial charge in [0.15, 0.2) is 0 Å². The van der Waals surface area contributed by atoms with Gasteiger partial charge in [-0.25, -0.2) is 4.79 Å². The van der Waals surface area contributed by atoms with Gasteiger partial charge in [-0.1, -0.05) is 6.07 Å². The van der Waals surface area contributed by atoms with E-state index in [2.05, 4.69) is 4.74 Å². The number of aryl methyl sites for hydroxylation is 1. The van der Waals surface area contributed by atoms with E-state index < -0.39 is 0 Å². The third-order valence-electron chi connectivity index (χ3n) is 2.18. The summed E-state index contributed by atoms with van der Waals surface area (Å²) in [6.45, 7) is 0. The van der Waals surface area contributed by atoms with Gasteiger partial charge in [-0.3, -0.25) is 0 Å². The van der Waals surface area contributed by atoms with Crippen molar-refractivity contribution in [2.45, 2.75) is 18.7 Å². The largest absolute Gasteiger partial charge is 0.465 e. The monoisotopic (exact) mass is 240 g/mol. The van der Waals surface area contributed by atoms with E-state index in [4.69, 9.17) is 11.6 Å². The Balaban J connectivity index is 3.00. The number of carbonyl (C=O) groups is 2. The van der Waals surface area contributed by atoms with Gasteiger partial charge < -0.3 is 9.53 Å². The molecular weight excluding hydrogens is 228 g/mol. The van der Waals surface area contributed by atoms with Crippen LogP contribution in [-0.2, 0) is 21.8 Å². The van der Waals surface area contributed by atoms with Gasteiger partial charge in [-0.2, -0.15) is 0 Å². The number of hydrogen-bond donors (Lipinski definition) is 0. The molecule has 0 amide bonds. The molecule has 0 spiro atoms. The first-order valence-electron chi connectivity index (χ1n) is 4.92. The van der Waals surface area contributed by atoms with Crippen molar-refractivity contribution in [2.24, 2.45) is 0 Å². The number of aldehydes is 1. The van der Waals surface area contributed by atoms with Gasteiger partial charge in [-0.15, -0.1) is 11.6 Å². The molecule has 3 nitrogen and oxygen atoms in total. The van der Waals surface area contributed by atoms with Crippen LogP contribution in [0.2, 0.25) is 0 Å². The van der Waals surface area contributed by atoms with Crippen LogP contribution in [0.4, 0.5) is 0 Å². The maximum Gasteiger partial charge on any atom is 0.337 e. The Morgan fingerprint density at radius 3 is 2.62 bits per heavy atom. The van der Waals surface area contributed by atoms with Gasteiger partial charge in [0, 0.05) is 12.3 Å². The predicted octanol–water partition coefficient (Wildman–Crippen LogP) is 2.34. The molecule has 0 unspecified atom stereocenters. The molecule has 0 aromatic heterocycles. The Labute approximate surface area is 99.4 Å². The van der Waals surface area contributed by atoms with E-state index in [1.807, 2.05) is 6.07 Å². The zero-order valence-electron chi connectivity index (χ0n) is 9.03. The highest BCUT2D eigenvalue weighted by molar-refractivity contribution is 6.17. The van der Waals surface area contributed by atoms with Gasteiger partial charge in [0.05, 0.1) is 12.7 Å². The molecule has 86 valence electrons. The topological polar surface area (TPSA) is 43.4 Å². The lowest BCUT2D eigenvalue weighted by atomic mass is 10.0. The molecular formula is C12H13ClO3. The van der Waals surface area contributed by atoms with E-state index in [0.29, 0.717) is 24.3 Å². The molecule has 0 bridgehead atoms. The van der Waals surface area contributed by atoms with Crippen LogP contribution >= 0.6 is 11.6 Å². The molecule has 0 heterocycles. The van der Waals surface area contributed by atoms with Crippen LogP contribution < -0.4 is 0 Å². The van der Waals surface area contributed by atoms with E-state index in [9.17, 15) is 9.59 Å². The standard InChI is InChI=1S/C12H13ClO3/c1-16-12(15)11-6-9(3-2-4-14)5-10(7-11)8-13/h4-7H,2-3,8H2,1H3. The third-order valence-corrected chi connectivity index (χ3v) is 2.49. The summed E-state index contributed by atoms with van der Waals surface area (Å²) in [5.41, 5.74) is 2.25. The van der Waals surface area contributed by atoms with Crippen LogP contribution in [0, 0.1) is 0 Å². The summed E-state index contributed by atoms with van der Waals surface area (Å²) >= 11 is 5.73. The number of methoxy groups -OCH3 is 1. The van der Waals surface area contributed by atoms with Crippen LogP contribution in [0.1, 0.15) is 27.9 Å². The molecule has 0 saturated heterocycles. The van der Waals surface area contributed by atoms with E-state index in [1.165, 1.54) is 7.11 Å². The maximum atomic E-state index is 11.4. The Morgan fingerprint density at radius 1 is 1.38 bits per heavy atom. The van der Waals surface area contributed by atoms with Crippen molar-refractivity contribution in [3.8, 4) is 0 Å². The molecule has 0 aliphatic rings. The molecule has 0 atom stereocenters. The van der Waals surface area contributed by atoms with Gasteiger partial charge >= 0.3 is 5.97 Å². The summed E-state index contributed by atoms with van der Waals surface area (Å²) in [4.78, 5) is 21.7. The van der Waals surface area contributed by atoms with Crippen LogP contribution in [0.15, 0.2) is 18.2 Å².